The summed E-state index contributed by atoms with van der Waals surface area (Å²) >= 11 is 0. The summed E-state index contributed by atoms with van der Waals surface area (Å²) < 4.78 is 1.65. The maximum absolute atomic E-state index is 12.3. The lowest BCUT2D eigenvalue weighted by Crippen LogP contribution is -2.28. The zero-order valence-electron chi connectivity index (χ0n) is 12.0. The van der Waals surface area contributed by atoms with Gasteiger partial charge in [-0.2, -0.15) is 5.10 Å². The third kappa shape index (κ3) is 2.76. The molecule has 1 N–H and O–H groups in total. The highest BCUT2D eigenvalue weighted by Crippen LogP contribution is 2.11. The second-order valence-corrected chi connectivity index (χ2v) is 4.78. The van der Waals surface area contributed by atoms with Crippen LogP contribution in [-0.2, 0) is 13.6 Å². The number of carbonyl (C=O) groups is 2. The van der Waals surface area contributed by atoms with E-state index in [0.29, 0.717) is 29.5 Å². The predicted octanol–water partition coefficient (Wildman–Crippen LogP) is 0.926. The molecule has 2 aromatic heterocycles. The molecule has 2 heterocycles. The maximum Gasteiger partial charge on any atom is 0.270 e. The molecule has 0 spiro atoms. The summed E-state index contributed by atoms with van der Waals surface area (Å²) in [6.07, 6.45) is 1.65. The average molecular weight is 275 g/mol. The number of aryl methyl sites for hydroxylation is 2. The lowest BCUT2D eigenvalue weighted by molar-refractivity contribution is 0.0772. The molecule has 0 radical (unpaired) electrons. The van der Waals surface area contributed by atoms with Crippen molar-refractivity contribution >= 4 is 11.7 Å². The summed E-state index contributed by atoms with van der Waals surface area (Å²) in [7, 11) is 3.42. The Labute approximate surface area is 116 Å². The largest absolute Gasteiger partial charge is 0.346 e. The molecule has 0 aromatic carbocycles. The summed E-state index contributed by atoms with van der Waals surface area (Å²) in [4.78, 5) is 29.4. The Kier molecular flexibility index (Phi) is 3.69. The standard InChI is InChI=1S/C13H17N5O2/c1-8(19)10-5-11(17(3)6-10)13(20)18(4)7-12-14-9(2)15-16-12/h5-6H,7H2,1-4H3,(H,14,15,16). The Morgan fingerprint density at radius 2 is 2.15 bits per heavy atom. The minimum absolute atomic E-state index is 0.0631. The summed E-state index contributed by atoms with van der Waals surface area (Å²) in [5.74, 6) is 1.02. The van der Waals surface area contributed by atoms with Gasteiger partial charge >= 0.3 is 0 Å². The summed E-state index contributed by atoms with van der Waals surface area (Å²) in [5.41, 5.74) is 0.989. The van der Waals surface area contributed by atoms with Crippen LogP contribution in [0.2, 0.25) is 0 Å². The van der Waals surface area contributed by atoms with Crippen molar-refractivity contribution in [3.05, 3.63) is 35.2 Å². The molecule has 2 aromatic rings. The van der Waals surface area contributed by atoms with Gasteiger partial charge in [-0.15, -0.1) is 0 Å². The Morgan fingerprint density at radius 3 is 2.65 bits per heavy atom. The van der Waals surface area contributed by atoms with Crippen molar-refractivity contribution in [1.29, 1.82) is 0 Å². The minimum atomic E-state index is -0.178. The van der Waals surface area contributed by atoms with Crippen LogP contribution in [0.3, 0.4) is 0 Å². The third-order valence-electron chi connectivity index (χ3n) is 3.00. The van der Waals surface area contributed by atoms with E-state index in [4.69, 9.17) is 0 Å². The number of Topliss-reactive ketones (excluding diaryl/α,β-unsaturated/α-hetero) is 1. The van der Waals surface area contributed by atoms with Gasteiger partial charge in [0.15, 0.2) is 11.6 Å². The van der Waals surface area contributed by atoms with E-state index in [1.54, 1.807) is 37.8 Å². The maximum atomic E-state index is 12.3. The Bertz CT molecular complexity index is 656. The molecule has 2 rings (SSSR count). The lowest BCUT2D eigenvalue weighted by Gasteiger charge is -2.15. The van der Waals surface area contributed by atoms with E-state index >= 15 is 0 Å². The van der Waals surface area contributed by atoms with Gasteiger partial charge in [-0.05, 0) is 19.9 Å². The molecule has 0 fully saturated rings. The fourth-order valence-electron chi connectivity index (χ4n) is 1.91. The lowest BCUT2D eigenvalue weighted by atomic mass is 10.2. The first-order valence-electron chi connectivity index (χ1n) is 6.19. The van der Waals surface area contributed by atoms with Gasteiger partial charge in [0, 0.05) is 25.9 Å². The monoisotopic (exact) mass is 275 g/mol. The molecular formula is C13H17N5O2. The molecule has 0 atom stereocenters. The molecule has 7 heteroatoms. The van der Waals surface area contributed by atoms with Crippen molar-refractivity contribution in [2.75, 3.05) is 7.05 Å². The second-order valence-electron chi connectivity index (χ2n) is 4.78. The number of amides is 1. The predicted molar refractivity (Wildman–Crippen MR) is 72.3 cm³/mol. The molecule has 0 unspecified atom stereocenters. The highest BCUT2D eigenvalue weighted by atomic mass is 16.2. The minimum Gasteiger partial charge on any atom is -0.346 e. The third-order valence-corrected chi connectivity index (χ3v) is 3.00. The average Bonchev–Trinajstić information content (AvgIpc) is 2.95. The van der Waals surface area contributed by atoms with E-state index < -0.39 is 0 Å². The van der Waals surface area contributed by atoms with Gasteiger partial charge in [0.1, 0.15) is 11.5 Å². The number of nitrogens with one attached hydrogen (secondary N) is 1. The first kappa shape index (κ1) is 14.0. The van der Waals surface area contributed by atoms with Crippen molar-refractivity contribution in [2.45, 2.75) is 20.4 Å². The van der Waals surface area contributed by atoms with E-state index in [0.717, 1.165) is 0 Å². The Morgan fingerprint density at radius 1 is 1.45 bits per heavy atom. The van der Waals surface area contributed by atoms with Crippen LogP contribution in [0.15, 0.2) is 12.3 Å². The fraction of sp³-hybridized carbons (Fsp3) is 0.385. The van der Waals surface area contributed by atoms with Crippen molar-refractivity contribution in [2.24, 2.45) is 7.05 Å². The smallest absolute Gasteiger partial charge is 0.270 e. The molecule has 0 saturated heterocycles. The molecule has 7 nitrogen and oxygen atoms in total. The van der Waals surface area contributed by atoms with E-state index in [1.165, 1.54) is 11.8 Å². The number of rotatable bonds is 4. The molecule has 1 amide bonds. The van der Waals surface area contributed by atoms with Gasteiger partial charge in [0.2, 0.25) is 0 Å². The van der Waals surface area contributed by atoms with Crippen LogP contribution in [-0.4, -0.2) is 43.4 Å². The van der Waals surface area contributed by atoms with E-state index in [1.807, 2.05) is 0 Å². The number of H-pyrrole nitrogens is 1. The van der Waals surface area contributed by atoms with E-state index in [2.05, 4.69) is 15.2 Å². The van der Waals surface area contributed by atoms with Crippen molar-refractivity contribution in [3.63, 3.8) is 0 Å². The number of ketones is 1. The van der Waals surface area contributed by atoms with Crippen LogP contribution in [0.5, 0.6) is 0 Å². The molecule has 20 heavy (non-hydrogen) atoms. The van der Waals surface area contributed by atoms with Crippen LogP contribution in [0.25, 0.3) is 0 Å². The van der Waals surface area contributed by atoms with Crippen LogP contribution in [0.4, 0.5) is 0 Å². The topological polar surface area (TPSA) is 83.9 Å². The van der Waals surface area contributed by atoms with Crippen LogP contribution in [0.1, 0.15) is 39.4 Å². The zero-order valence-corrected chi connectivity index (χ0v) is 12.0. The Balaban J connectivity index is 2.16. The van der Waals surface area contributed by atoms with Gasteiger partial charge in [-0.3, -0.25) is 14.7 Å². The first-order valence-corrected chi connectivity index (χ1v) is 6.19. The molecule has 0 aliphatic heterocycles. The fourth-order valence-corrected chi connectivity index (χ4v) is 1.91. The zero-order chi connectivity index (χ0) is 14.9. The van der Waals surface area contributed by atoms with Gasteiger partial charge in [-0.1, -0.05) is 0 Å². The number of nitrogens with zero attached hydrogens (tertiary/aromatic N) is 4. The molecule has 0 aliphatic carbocycles. The SMILES string of the molecule is CC(=O)c1cc(C(=O)N(C)Cc2n[nH]c(C)n2)n(C)c1. The number of aromatic amines is 1. The highest BCUT2D eigenvalue weighted by Gasteiger charge is 2.18. The van der Waals surface area contributed by atoms with Crippen LogP contribution in [0, 0.1) is 6.92 Å². The van der Waals surface area contributed by atoms with Crippen molar-refractivity contribution in [1.82, 2.24) is 24.6 Å². The Hall–Kier alpha value is -2.44. The summed E-state index contributed by atoms with van der Waals surface area (Å²) in [6.45, 7) is 3.59. The summed E-state index contributed by atoms with van der Waals surface area (Å²) in [5, 5.41) is 6.73. The number of hydrogen-bond acceptors (Lipinski definition) is 4. The van der Waals surface area contributed by atoms with Gasteiger partial charge < -0.3 is 9.47 Å². The molecular weight excluding hydrogens is 258 g/mol. The molecule has 106 valence electrons. The first-order chi connectivity index (χ1) is 9.38. The number of aromatic nitrogens is 4. The number of hydrogen-bond donors (Lipinski definition) is 1. The quantitative estimate of drug-likeness (QED) is 0.841. The summed E-state index contributed by atoms with van der Waals surface area (Å²) in [6, 6.07) is 1.60. The number of carbonyl (C=O) groups excluding carboxylic acids is 2. The van der Waals surface area contributed by atoms with Gasteiger partial charge in [0.25, 0.3) is 5.91 Å². The highest BCUT2D eigenvalue weighted by molar-refractivity contribution is 5.99. The van der Waals surface area contributed by atoms with Gasteiger partial charge in [0.05, 0.1) is 6.54 Å². The van der Waals surface area contributed by atoms with Crippen molar-refractivity contribution < 1.29 is 9.59 Å². The molecule has 0 bridgehead atoms. The van der Waals surface area contributed by atoms with E-state index in [-0.39, 0.29) is 11.7 Å². The van der Waals surface area contributed by atoms with E-state index in [9.17, 15) is 9.59 Å². The molecule has 0 saturated carbocycles. The van der Waals surface area contributed by atoms with Crippen LogP contribution < -0.4 is 0 Å². The van der Waals surface area contributed by atoms with Crippen molar-refractivity contribution in [3.8, 4) is 0 Å². The molecule has 0 aliphatic rings. The van der Waals surface area contributed by atoms with Crippen LogP contribution >= 0.6 is 0 Å². The van der Waals surface area contributed by atoms with Gasteiger partial charge in [-0.25, -0.2) is 4.98 Å². The second kappa shape index (κ2) is 5.28. The normalized spacial score (nSPS) is 10.6.